The van der Waals surface area contributed by atoms with Crippen molar-refractivity contribution in [3.05, 3.63) is 75.7 Å². The van der Waals surface area contributed by atoms with E-state index in [-0.39, 0.29) is 34.9 Å². The van der Waals surface area contributed by atoms with Gasteiger partial charge in [-0.25, -0.2) is 9.37 Å². The molecule has 0 amide bonds. The van der Waals surface area contributed by atoms with E-state index in [2.05, 4.69) is 20.3 Å². The van der Waals surface area contributed by atoms with Crippen LogP contribution in [-0.4, -0.2) is 37.3 Å². The van der Waals surface area contributed by atoms with Gasteiger partial charge in [-0.3, -0.25) is 19.3 Å². The number of ether oxygens (including phenoxy) is 1. The molecule has 4 aromatic rings. The fraction of sp³-hybridized carbons (Fsp3) is 0.429. The van der Waals surface area contributed by atoms with E-state index in [0.717, 1.165) is 54.3 Å². The molecule has 3 aliphatic rings. The van der Waals surface area contributed by atoms with Gasteiger partial charge in [-0.1, -0.05) is 0 Å². The maximum Gasteiger partial charge on any atom is 0.256 e. The lowest BCUT2D eigenvalue weighted by molar-refractivity contribution is -0.165. The highest BCUT2D eigenvalue weighted by Crippen LogP contribution is 2.46. The highest BCUT2D eigenvalue weighted by Gasteiger charge is 2.49. The second kappa shape index (κ2) is 9.74. The lowest BCUT2D eigenvalue weighted by Gasteiger charge is -2.53. The molecule has 194 valence electrons. The summed E-state index contributed by atoms with van der Waals surface area (Å²) < 4.78 is 22.8. The predicted octanol–water partition coefficient (Wildman–Crippen LogP) is 4.55. The summed E-state index contributed by atoms with van der Waals surface area (Å²) in [5.74, 6) is -0.299. The van der Waals surface area contributed by atoms with Gasteiger partial charge < -0.3 is 10.1 Å². The summed E-state index contributed by atoms with van der Waals surface area (Å²) in [4.78, 5) is 26.0. The second-order valence-electron chi connectivity index (χ2n) is 10.5. The van der Waals surface area contributed by atoms with Crippen LogP contribution in [0.1, 0.15) is 48.9 Å². The van der Waals surface area contributed by atoms with Crippen LogP contribution >= 0.6 is 12.4 Å². The molecule has 4 aromatic heterocycles. The number of aryl methyl sites for hydroxylation is 3. The molecule has 2 aliphatic heterocycles. The van der Waals surface area contributed by atoms with Gasteiger partial charge in [0, 0.05) is 47.5 Å². The van der Waals surface area contributed by atoms with Crippen LogP contribution in [0, 0.1) is 12.7 Å². The van der Waals surface area contributed by atoms with Gasteiger partial charge in [0.2, 0.25) is 0 Å². The molecule has 2 saturated heterocycles. The number of fused-ring (bicyclic) bond motifs is 5. The number of hydrogen-bond acceptors (Lipinski definition) is 6. The largest absolute Gasteiger partial charge is 0.373 e. The first-order valence-corrected chi connectivity index (χ1v) is 12.6. The molecule has 1 aliphatic carbocycles. The van der Waals surface area contributed by atoms with Crippen LogP contribution in [-0.2, 0) is 24.8 Å². The Balaban J connectivity index is 0.00000280. The minimum atomic E-state index is -0.299. The van der Waals surface area contributed by atoms with Crippen molar-refractivity contribution in [3.8, 4) is 0 Å². The smallest absolute Gasteiger partial charge is 0.256 e. The van der Waals surface area contributed by atoms with E-state index in [4.69, 9.17) is 4.74 Å². The third-order valence-electron chi connectivity index (χ3n) is 8.21. The Morgan fingerprint density at radius 2 is 1.97 bits per heavy atom. The maximum atomic E-state index is 14.7. The highest BCUT2D eigenvalue weighted by atomic mass is 35.5. The zero-order chi connectivity index (χ0) is 24.9. The number of nitrogens with zero attached hydrogens (tertiary/aromatic N) is 4. The predicted molar refractivity (Wildman–Crippen MR) is 144 cm³/mol. The topological polar surface area (TPSA) is 81.9 Å². The average molecular weight is 524 g/mol. The van der Waals surface area contributed by atoms with E-state index < -0.39 is 0 Å². The van der Waals surface area contributed by atoms with Gasteiger partial charge in [-0.2, -0.15) is 0 Å². The quantitative estimate of drug-likeness (QED) is 0.399. The standard InChI is InChI=1S/C28H30FN5O2.ClH/c1-18-5-6-23-24(33-18)21(22(29)16-31-23)7-8-28-11-9-27(10-12-28,17-36-28)32-15-20-14-19-4-3-13-30-25(19)34(2)26(20)35;/h3-6,13-14,16,32H,7-12,15,17H2,1-2H3;1H. The molecule has 7 nitrogen and oxygen atoms in total. The Morgan fingerprint density at radius 3 is 2.73 bits per heavy atom. The lowest BCUT2D eigenvalue weighted by atomic mass is 9.69. The van der Waals surface area contributed by atoms with E-state index in [1.807, 2.05) is 37.3 Å². The molecular weight excluding hydrogens is 493 g/mol. The number of nitrogens with one attached hydrogen (secondary N) is 1. The van der Waals surface area contributed by atoms with Crippen LogP contribution in [0.4, 0.5) is 4.39 Å². The molecule has 2 bridgehead atoms. The van der Waals surface area contributed by atoms with E-state index >= 15 is 0 Å². The van der Waals surface area contributed by atoms with Crippen molar-refractivity contribution in [1.82, 2.24) is 24.8 Å². The van der Waals surface area contributed by atoms with Gasteiger partial charge in [-0.15, -0.1) is 12.4 Å². The SMILES string of the molecule is Cc1ccc2ncc(F)c(CCC34CCC(NCc5cc6cccnc6n(C)c5=O)(CC3)CO4)c2n1.Cl. The first-order chi connectivity index (χ1) is 17.4. The highest BCUT2D eigenvalue weighted by molar-refractivity contribution is 5.85. The van der Waals surface area contributed by atoms with Crippen LogP contribution in [0.2, 0.25) is 0 Å². The van der Waals surface area contributed by atoms with E-state index in [1.54, 1.807) is 17.8 Å². The second-order valence-corrected chi connectivity index (χ2v) is 10.5. The normalized spacial score (nSPS) is 22.9. The van der Waals surface area contributed by atoms with Crippen LogP contribution in [0.25, 0.3) is 22.1 Å². The number of pyridine rings is 4. The zero-order valence-corrected chi connectivity index (χ0v) is 21.9. The molecule has 7 rings (SSSR count). The van der Waals surface area contributed by atoms with Gasteiger partial charge in [0.05, 0.1) is 29.4 Å². The van der Waals surface area contributed by atoms with Crippen molar-refractivity contribution < 1.29 is 9.13 Å². The first-order valence-electron chi connectivity index (χ1n) is 12.6. The average Bonchev–Trinajstić information content (AvgIpc) is 2.90. The Kier molecular flexibility index (Phi) is 6.77. The third-order valence-corrected chi connectivity index (χ3v) is 8.21. The van der Waals surface area contributed by atoms with Crippen LogP contribution in [0.3, 0.4) is 0 Å². The van der Waals surface area contributed by atoms with Gasteiger partial charge in [0.15, 0.2) is 0 Å². The molecule has 6 heterocycles. The molecule has 0 radical (unpaired) electrons. The van der Waals surface area contributed by atoms with Crippen molar-refractivity contribution in [1.29, 1.82) is 0 Å². The number of hydrogen-bond donors (Lipinski definition) is 1. The molecule has 0 unspecified atom stereocenters. The molecule has 37 heavy (non-hydrogen) atoms. The number of rotatable bonds is 6. The zero-order valence-electron chi connectivity index (χ0n) is 21.1. The van der Waals surface area contributed by atoms with Gasteiger partial charge in [-0.05, 0) is 75.8 Å². The molecule has 0 spiro atoms. The van der Waals surface area contributed by atoms with Gasteiger partial charge >= 0.3 is 0 Å². The van der Waals surface area contributed by atoms with Gasteiger partial charge in [0.1, 0.15) is 11.5 Å². The Labute approximate surface area is 220 Å². The van der Waals surface area contributed by atoms with Gasteiger partial charge in [0.25, 0.3) is 5.56 Å². The van der Waals surface area contributed by atoms with E-state index in [1.165, 1.54) is 6.20 Å². The monoisotopic (exact) mass is 523 g/mol. The van der Waals surface area contributed by atoms with E-state index in [9.17, 15) is 9.18 Å². The van der Waals surface area contributed by atoms with E-state index in [0.29, 0.717) is 36.3 Å². The number of halogens is 2. The van der Waals surface area contributed by atoms with Crippen LogP contribution in [0.15, 0.2) is 47.5 Å². The summed E-state index contributed by atoms with van der Waals surface area (Å²) in [7, 11) is 1.77. The summed E-state index contributed by atoms with van der Waals surface area (Å²) >= 11 is 0. The third kappa shape index (κ3) is 4.62. The van der Waals surface area contributed by atoms with Crippen LogP contribution in [0.5, 0.6) is 0 Å². The summed E-state index contributed by atoms with van der Waals surface area (Å²) in [5, 5.41) is 4.62. The molecule has 1 N–H and O–H groups in total. The molecule has 1 saturated carbocycles. The van der Waals surface area contributed by atoms with Crippen molar-refractivity contribution in [3.63, 3.8) is 0 Å². The molecule has 0 atom stereocenters. The fourth-order valence-corrected chi connectivity index (χ4v) is 5.87. The molecule has 9 heteroatoms. The lowest BCUT2D eigenvalue weighted by Crippen LogP contribution is -2.61. The van der Waals surface area contributed by atoms with Crippen molar-refractivity contribution in [2.24, 2.45) is 7.05 Å². The van der Waals surface area contributed by atoms with Crippen molar-refractivity contribution in [2.75, 3.05) is 6.61 Å². The summed E-state index contributed by atoms with van der Waals surface area (Å²) in [6, 6.07) is 9.60. The molecular formula is C28H31ClFN5O2. The summed E-state index contributed by atoms with van der Waals surface area (Å²) in [6.45, 7) is 3.00. The Morgan fingerprint density at radius 1 is 1.16 bits per heavy atom. The molecule has 3 fully saturated rings. The van der Waals surface area contributed by atoms with Crippen molar-refractivity contribution >= 4 is 34.5 Å². The summed E-state index contributed by atoms with van der Waals surface area (Å²) in [5.41, 5.74) is 3.89. The Hall–Kier alpha value is -2.94. The maximum absolute atomic E-state index is 14.7. The number of aromatic nitrogens is 4. The van der Waals surface area contributed by atoms with Crippen LogP contribution < -0.4 is 10.9 Å². The minimum absolute atomic E-state index is 0. The fourth-order valence-electron chi connectivity index (χ4n) is 5.87. The molecule has 0 aromatic carbocycles. The first kappa shape index (κ1) is 25.7. The summed E-state index contributed by atoms with van der Waals surface area (Å²) in [6.07, 6.45) is 8.11. The van der Waals surface area contributed by atoms with Crippen molar-refractivity contribution in [2.45, 2.75) is 63.1 Å². The Bertz CT molecular complexity index is 1510. The minimum Gasteiger partial charge on any atom is -0.373 e.